The smallest absolute Gasteiger partial charge is 0.227 e. The van der Waals surface area contributed by atoms with Crippen molar-refractivity contribution in [2.24, 2.45) is 0 Å². The number of H-pyrrole nitrogens is 1. The molecule has 0 fully saturated rings. The Morgan fingerprint density at radius 3 is 2.79 bits per heavy atom. The number of nitrogens with one attached hydrogen (secondary N) is 2. The first-order valence-electron chi connectivity index (χ1n) is 8.82. The molecule has 0 aliphatic heterocycles. The maximum absolute atomic E-state index is 9.41. The maximum Gasteiger partial charge on any atom is 0.227 e. The van der Waals surface area contributed by atoms with Gasteiger partial charge in [0.25, 0.3) is 0 Å². The van der Waals surface area contributed by atoms with Crippen molar-refractivity contribution >= 4 is 11.6 Å². The van der Waals surface area contributed by atoms with Gasteiger partial charge in [-0.15, -0.1) is 0 Å². The number of nitriles is 1. The highest BCUT2D eigenvalue weighted by atomic mass is 16.5. The monoisotopic (exact) mass is 387 g/mol. The van der Waals surface area contributed by atoms with Crippen LogP contribution in [0.15, 0.2) is 55.6 Å². The zero-order chi connectivity index (χ0) is 20.1. The Kier molecular flexibility index (Phi) is 5.11. The van der Waals surface area contributed by atoms with E-state index in [1.165, 1.54) is 6.33 Å². The van der Waals surface area contributed by atoms with E-state index in [4.69, 9.17) is 4.74 Å². The molecule has 2 N–H and O–H groups in total. The van der Waals surface area contributed by atoms with Crippen molar-refractivity contribution in [1.82, 2.24) is 34.9 Å². The molecule has 0 saturated carbocycles. The molecule has 0 unspecified atom stereocenters. The van der Waals surface area contributed by atoms with Crippen LogP contribution in [0.1, 0.15) is 12.5 Å². The van der Waals surface area contributed by atoms with Crippen molar-refractivity contribution in [1.29, 1.82) is 5.26 Å². The molecule has 0 saturated heterocycles. The first-order valence-corrected chi connectivity index (χ1v) is 8.82. The molecule has 3 aromatic heterocycles. The van der Waals surface area contributed by atoms with E-state index < -0.39 is 0 Å². The number of rotatable bonds is 7. The minimum Gasteiger partial charge on any atom is -0.487 e. The molecular weight excluding hydrogens is 370 g/mol. The third-order valence-corrected chi connectivity index (χ3v) is 4.08. The van der Waals surface area contributed by atoms with Crippen molar-refractivity contribution < 1.29 is 4.74 Å². The van der Waals surface area contributed by atoms with Gasteiger partial charge in [0.05, 0.1) is 24.0 Å². The van der Waals surface area contributed by atoms with Crippen molar-refractivity contribution in [2.75, 3.05) is 5.32 Å². The zero-order valence-electron chi connectivity index (χ0n) is 15.5. The quantitative estimate of drug-likeness (QED) is 0.495. The van der Waals surface area contributed by atoms with Crippen LogP contribution in [-0.4, -0.2) is 41.0 Å². The SMILES string of the molecule is C[C@@H](Cn1cncn1)Oc1cc(-c2cnc(Nc3cn[nH]c3)nc2)ccc1C#N. The number of aromatic nitrogens is 7. The summed E-state index contributed by atoms with van der Waals surface area (Å²) in [7, 11) is 0. The molecule has 0 spiro atoms. The minimum absolute atomic E-state index is 0.197. The maximum atomic E-state index is 9.41. The fourth-order valence-electron chi connectivity index (χ4n) is 2.73. The van der Waals surface area contributed by atoms with Gasteiger partial charge in [0.15, 0.2) is 0 Å². The van der Waals surface area contributed by atoms with Gasteiger partial charge in [0.2, 0.25) is 5.95 Å². The number of ether oxygens (including phenoxy) is 1. The lowest BCUT2D eigenvalue weighted by Crippen LogP contribution is -2.20. The Bertz CT molecular complexity index is 1100. The van der Waals surface area contributed by atoms with Crippen LogP contribution in [0, 0.1) is 11.3 Å². The van der Waals surface area contributed by atoms with Gasteiger partial charge in [0, 0.05) is 24.2 Å². The summed E-state index contributed by atoms with van der Waals surface area (Å²) in [6.07, 6.45) is 9.66. The molecule has 4 aromatic rings. The number of hydrogen-bond acceptors (Lipinski definition) is 8. The highest BCUT2D eigenvalue weighted by Gasteiger charge is 2.12. The van der Waals surface area contributed by atoms with Crippen LogP contribution in [-0.2, 0) is 6.54 Å². The van der Waals surface area contributed by atoms with Gasteiger partial charge in [-0.05, 0) is 24.6 Å². The van der Waals surface area contributed by atoms with Gasteiger partial charge >= 0.3 is 0 Å². The van der Waals surface area contributed by atoms with E-state index in [0.717, 1.165) is 16.8 Å². The predicted molar refractivity (Wildman–Crippen MR) is 104 cm³/mol. The molecule has 1 atom stereocenters. The van der Waals surface area contributed by atoms with E-state index in [9.17, 15) is 5.26 Å². The number of nitrogens with zero attached hydrogens (tertiary/aromatic N) is 7. The molecule has 1 aromatic carbocycles. The number of hydrogen-bond donors (Lipinski definition) is 2. The molecule has 0 amide bonds. The second-order valence-corrected chi connectivity index (χ2v) is 6.28. The molecule has 29 heavy (non-hydrogen) atoms. The summed E-state index contributed by atoms with van der Waals surface area (Å²) in [5.74, 6) is 0.958. The van der Waals surface area contributed by atoms with Gasteiger partial charge in [-0.2, -0.15) is 15.5 Å². The van der Waals surface area contributed by atoms with Crippen molar-refractivity contribution in [3.63, 3.8) is 0 Å². The third kappa shape index (κ3) is 4.36. The number of benzene rings is 1. The van der Waals surface area contributed by atoms with Gasteiger partial charge in [-0.3, -0.25) is 5.10 Å². The summed E-state index contributed by atoms with van der Waals surface area (Å²) in [5.41, 5.74) is 2.88. The van der Waals surface area contributed by atoms with Crippen LogP contribution in [0.25, 0.3) is 11.1 Å². The van der Waals surface area contributed by atoms with Crippen LogP contribution >= 0.6 is 0 Å². The Balaban J connectivity index is 1.52. The molecule has 0 radical (unpaired) electrons. The van der Waals surface area contributed by atoms with E-state index in [2.05, 4.69) is 41.6 Å². The lowest BCUT2D eigenvalue weighted by Gasteiger charge is -2.16. The average molecular weight is 387 g/mol. The fourth-order valence-corrected chi connectivity index (χ4v) is 2.73. The van der Waals surface area contributed by atoms with Gasteiger partial charge < -0.3 is 10.1 Å². The number of anilines is 2. The predicted octanol–water partition coefficient (Wildman–Crippen LogP) is 2.54. The van der Waals surface area contributed by atoms with Gasteiger partial charge in [-0.25, -0.2) is 19.6 Å². The summed E-state index contributed by atoms with van der Waals surface area (Å²) in [6, 6.07) is 7.55. The minimum atomic E-state index is -0.197. The van der Waals surface area contributed by atoms with Crippen LogP contribution in [0.5, 0.6) is 5.75 Å². The Morgan fingerprint density at radius 2 is 2.10 bits per heavy atom. The molecule has 10 nitrogen and oxygen atoms in total. The normalized spacial score (nSPS) is 11.6. The first kappa shape index (κ1) is 18.1. The molecule has 0 aliphatic rings. The van der Waals surface area contributed by atoms with E-state index in [0.29, 0.717) is 23.8 Å². The summed E-state index contributed by atoms with van der Waals surface area (Å²) >= 11 is 0. The first-order chi connectivity index (χ1) is 14.2. The second kappa shape index (κ2) is 8.18. The molecule has 3 heterocycles. The highest BCUT2D eigenvalue weighted by Crippen LogP contribution is 2.28. The zero-order valence-corrected chi connectivity index (χ0v) is 15.5. The van der Waals surface area contributed by atoms with Gasteiger partial charge in [-0.1, -0.05) is 6.07 Å². The summed E-state index contributed by atoms with van der Waals surface area (Å²) in [4.78, 5) is 12.6. The molecule has 0 aliphatic carbocycles. The molecular formula is C19H17N9O. The van der Waals surface area contributed by atoms with E-state index in [1.807, 2.05) is 19.1 Å². The van der Waals surface area contributed by atoms with Crippen LogP contribution in [0.3, 0.4) is 0 Å². The lowest BCUT2D eigenvalue weighted by molar-refractivity contribution is 0.193. The second-order valence-electron chi connectivity index (χ2n) is 6.28. The standard InChI is InChI=1S/C19H17N9O/c1-13(10-28-12-21-11-26-28)29-18-4-14(2-3-15(18)5-20)16-6-22-19(23-7-16)27-17-8-24-25-9-17/h2-4,6-9,11-13H,10H2,1H3,(H,24,25)(H,22,23,27)/t13-/m0/s1. The third-order valence-electron chi connectivity index (χ3n) is 4.08. The van der Waals surface area contributed by atoms with Gasteiger partial charge in [0.1, 0.15) is 30.6 Å². The number of aromatic amines is 1. The largest absolute Gasteiger partial charge is 0.487 e. The summed E-state index contributed by atoms with van der Waals surface area (Å²) in [6.45, 7) is 2.43. The molecule has 10 heteroatoms. The van der Waals surface area contributed by atoms with Crippen molar-refractivity contribution in [2.45, 2.75) is 19.6 Å². The van der Waals surface area contributed by atoms with E-state index >= 15 is 0 Å². The van der Waals surface area contributed by atoms with Crippen molar-refractivity contribution in [3.8, 4) is 22.9 Å². The molecule has 144 valence electrons. The molecule has 4 rings (SSSR count). The summed E-state index contributed by atoms with van der Waals surface area (Å²) in [5, 5.41) is 23.1. The fraction of sp³-hybridized carbons (Fsp3) is 0.158. The Hall–Kier alpha value is -4.26. The Labute approximate surface area is 166 Å². The lowest BCUT2D eigenvalue weighted by atomic mass is 10.1. The van der Waals surface area contributed by atoms with Crippen molar-refractivity contribution in [3.05, 3.63) is 61.2 Å². The van der Waals surface area contributed by atoms with Crippen LogP contribution in [0.2, 0.25) is 0 Å². The van der Waals surface area contributed by atoms with E-state index in [-0.39, 0.29) is 6.10 Å². The molecule has 0 bridgehead atoms. The average Bonchev–Trinajstić information content (AvgIpc) is 3.43. The van der Waals surface area contributed by atoms with Crippen LogP contribution in [0.4, 0.5) is 11.6 Å². The highest BCUT2D eigenvalue weighted by molar-refractivity contribution is 5.66. The Morgan fingerprint density at radius 1 is 1.24 bits per heavy atom. The van der Waals surface area contributed by atoms with E-state index in [1.54, 1.807) is 41.9 Å². The topological polar surface area (TPSA) is 130 Å². The summed E-state index contributed by atoms with van der Waals surface area (Å²) < 4.78 is 7.67. The van der Waals surface area contributed by atoms with Crippen LogP contribution < -0.4 is 10.1 Å².